The predicted molar refractivity (Wildman–Crippen MR) is 71.4 cm³/mol. The van der Waals surface area contributed by atoms with Crippen LogP contribution in [0.4, 0.5) is 0 Å². The summed E-state index contributed by atoms with van der Waals surface area (Å²) >= 11 is 0. The lowest BCUT2D eigenvalue weighted by molar-refractivity contribution is -0.137. The van der Waals surface area contributed by atoms with E-state index < -0.39 is 0 Å². The molecule has 0 bridgehead atoms. The Labute approximate surface area is 110 Å². The van der Waals surface area contributed by atoms with Crippen molar-refractivity contribution in [1.29, 1.82) is 0 Å². The maximum Gasteiger partial charge on any atom is 0.244 e. The normalized spacial score (nSPS) is 36.6. The van der Waals surface area contributed by atoms with Crippen molar-refractivity contribution < 1.29 is 4.79 Å². The smallest absolute Gasteiger partial charge is 0.244 e. The third-order valence-corrected chi connectivity index (χ3v) is 4.89. The van der Waals surface area contributed by atoms with Gasteiger partial charge in [-0.05, 0) is 40.2 Å². The van der Waals surface area contributed by atoms with Crippen LogP contribution in [0, 0.1) is 0 Å². The molecule has 0 radical (unpaired) electrons. The zero-order valence-electron chi connectivity index (χ0n) is 11.9. The minimum atomic E-state index is -0.0517. The molecular weight excluding hydrogens is 226 g/mol. The summed E-state index contributed by atoms with van der Waals surface area (Å²) in [6, 6.07) is 0. The molecule has 3 aliphatic rings. The number of carbonyl (C=O) groups is 1. The maximum atomic E-state index is 12.6. The van der Waals surface area contributed by atoms with Gasteiger partial charge in [-0.1, -0.05) is 0 Å². The molecule has 0 aliphatic carbocycles. The van der Waals surface area contributed by atoms with Crippen LogP contribution in [0.25, 0.3) is 0 Å². The summed E-state index contributed by atoms with van der Waals surface area (Å²) in [5.41, 5.74) is 0.177. The molecule has 4 nitrogen and oxygen atoms in total. The van der Waals surface area contributed by atoms with Crippen molar-refractivity contribution in [3.63, 3.8) is 0 Å². The average molecular weight is 251 g/mol. The standard InChI is InChI=1S/C14H25N3O/c1-13(2,3)16-9-7-15(8-10-16)12(18)14-5-4-6-17(14)11-14/h4-11H2,1-3H3. The second-order valence-corrected chi connectivity index (χ2v) is 7.01. The fourth-order valence-corrected chi connectivity index (χ4v) is 3.56. The fourth-order valence-electron chi connectivity index (χ4n) is 3.56. The first-order valence-electron chi connectivity index (χ1n) is 7.23. The summed E-state index contributed by atoms with van der Waals surface area (Å²) in [4.78, 5) is 19.5. The lowest BCUT2D eigenvalue weighted by Gasteiger charge is -2.42. The molecular formula is C14H25N3O. The summed E-state index contributed by atoms with van der Waals surface area (Å²) in [7, 11) is 0. The van der Waals surface area contributed by atoms with Gasteiger partial charge in [0.2, 0.25) is 5.91 Å². The minimum absolute atomic E-state index is 0.0517. The van der Waals surface area contributed by atoms with Gasteiger partial charge in [0.1, 0.15) is 5.54 Å². The number of hydrogen-bond donors (Lipinski definition) is 0. The summed E-state index contributed by atoms with van der Waals surface area (Å²) in [5, 5.41) is 0. The quantitative estimate of drug-likeness (QED) is 0.644. The third kappa shape index (κ3) is 1.86. The number of rotatable bonds is 1. The van der Waals surface area contributed by atoms with Gasteiger partial charge >= 0.3 is 0 Å². The number of piperazine rings is 1. The number of piperidine rings is 1. The van der Waals surface area contributed by atoms with E-state index in [1.54, 1.807) is 0 Å². The first-order chi connectivity index (χ1) is 8.43. The number of fused-ring (bicyclic) bond motifs is 1. The van der Waals surface area contributed by atoms with Crippen molar-refractivity contribution in [2.45, 2.75) is 44.7 Å². The van der Waals surface area contributed by atoms with E-state index in [1.807, 2.05) is 0 Å². The topological polar surface area (TPSA) is 26.6 Å². The first-order valence-corrected chi connectivity index (χ1v) is 7.23. The highest BCUT2D eigenvalue weighted by molar-refractivity contribution is 5.90. The van der Waals surface area contributed by atoms with E-state index >= 15 is 0 Å². The summed E-state index contributed by atoms with van der Waals surface area (Å²) in [5.74, 6) is 0.411. The van der Waals surface area contributed by atoms with Gasteiger partial charge in [-0.25, -0.2) is 0 Å². The van der Waals surface area contributed by atoms with E-state index in [1.165, 1.54) is 6.42 Å². The molecule has 1 amide bonds. The fraction of sp³-hybridized carbons (Fsp3) is 0.929. The van der Waals surface area contributed by atoms with Crippen LogP contribution in [0.2, 0.25) is 0 Å². The van der Waals surface area contributed by atoms with Crippen LogP contribution in [0.1, 0.15) is 33.6 Å². The monoisotopic (exact) mass is 251 g/mol. The highest BCUT2D eigenvalue weighted by Gasteiger charge is 2.61. The van der Waals surface area contributed by atoms with Gasteiger partial charge in [-0.15, -0.1) is 0 Å². The minimum Gasteiger partial charge on any atom is -0.338 e. The summed E-state index contributed by atoms with van der Waals surface area (Å²) < 4.78 is 0. The molecule has 18 heavy (non-hydrogen) atoms. The van der Waals surface area contributed by atoms with Crippen LogP contribution >= 0.6 is 0 Å². The van der Waals surface area contributed by atoms with E-state index in [9.17, 15) is 4.79 Å². The van der Waals surface area contributed by atoms with Crippen LogP contribution in [0.5, 0.6) is 0 Å². The number of amides is 1. The van der Waals surface area contributed by atoms with Crippen molar-refractivity contribution in [3.05, 3.63) is 0 Å². The lowest BCUT2D eigenvalue weighted by Crippen LogP contribution is -2.56. The number of hydrogen-bond acceptors (Lipinski definition) is 3. The molecule has 0 spiro atoms. The van der Waals surface area contributed by atoms with Crippen LogP contribution in [-0.4, -0.2) is 71.0 Å². The van der Waals surface area contributed by atoms with Crippen molar-refractivity contribution in [3.8, 4) is 0 Å². The molecule has 0 aromatic rings. The Bertz CT molecular complexity index is 355. The molecule has 3 aliphatic heterocycles. The van der Waals surface area contributed by atoms with Crippen molar-refractivity contribution in [1.82, 2.24) is 14.7 Å². The molecule has 2 unspecified atom stereocenters. The molecule has 4 heteroatoms. The second kappa shape index (κ2) is 3.94. The molecule has 2 atom stereocenters. The van der Waals surface area contributed by atoms with E-state index in [2.05, 4.69) is 35.5 Å². The maximum absolute atomic E-state index is 12.6. The van der Waals surface area contributed by atoms with Gasteiger partial charge in [0.15, 0.2) is 0 Å². The van der Waals surface area contributed by atoms with Crippen molar-refractivity contribution >= 4 is 5.91 Å². The Balaban J connectivity index is 1.59. The van der Waals surface area contributed by atoms with Gasteiger partial charge in [0.25, 0.3) is 0 Å². The molecule has 0 aromatic carbocycles. The molecule has 102 valence electrons. The highest BCUT2D eigenvalue weighted by atomic mass is 16.2. The van der Waals surface area contributed by atoms with Crippen LogP contribution in [0.15, 0.2) is 0 Å². The van der Waals surface area contributed by atoms with Crippen molar-refractivity contribution in [2.24, 2.45) is 0 Å². The molecule has 0 N–H and O–H groups in total. The van der Waals surface area contributed by atoms with Crippen LogP contribution < -0.4 is 0 Å². The number of nitrogens with zero attached hydrogens (tertiary/aromatic N) is 3. The largest absolute Gasteiger partial charge is 0.338 e. The Kier molecular flexibility index (Phi) is 2.72. The predicted octanol–water partition coefficient (Wildman–Crippen LogP) is 0.777. The third-order valence-electron chi connectivity index (χ3n) is 4.89. The Hall–Kier alpha value is -0.610. The van der Waals surface area contributed by atoms with E-state index in [0.717, 1.165) is 45.7 Å². The van der Waals surface area contributed by atoms with Gasteiger partial charge in [0, 0.05) is 38.3 Å². The molecule has 0 aromatic heterocycles. The van der Waals surface area contributed by atoms with Gasteiger partial charge in [-0.2, -0.15) is 0 Å². The van der Waals surface area contributed by atoms with Gasteiger partial charge in [-0.3, -0.25) is 14.6 Å². The zero-order chi connectivity index (χ0) is 13.0. The second-order valence-electron chi connectivity index (χ2n) is 7.01. The van der Waals surface area contributed by atoms with E-state index in [0.29, 0.717) is 5.91 Å². The van der Waals surface area contributed by atoms with Crippen LogP contribution in [-0.2, 0) is 4.79 Å². The van der Waals surface area contributed by atoms with E-state index in [-0.39, 0.29) is 11.1 Å². The Morgan fingerprint density at radius 3 is 2.17 bits per heavy atom. The Morgan fingerprint density at radius 2 is 1.72 bits per heavy atom. The molecule has 3 heterocycles. The first kappa shape index (κ1) is 12.4. The van der Waals surface area contributed by atoms with Gasteiger partial charge < -0.3 is 4.90 Å². The average Bonchev–Trinajstić information content (AvgIpc) is 2.90. The zero-order valence-corrected chi connectivity index (χ0v) is 11.9. The van der Waals surface area contributed by atoms with E-state index in [4.69, 9.17) is 0 Å². The van der Waals surface area contributed by atoms with Gasteiger partial charge in [0.05, 0.1) is 0 Å². The summed E-state index contributed by atoms with van der Waals surface area (Å²) in [6.45, 7) is 12.8. The number of carbonyl (C=O) groups excluding carboxylic acids is 1. The molecule has 3 saturated heterocycles. The molecule has 0 saturated carbocycles. The van der Waals surface area contributed by atoms with Crippen molar-refractivity contribution in [2.75, 3.05) is 39.3 Å². The van der Waals surface area contributed by atoms with Crippen LogP contribution in [0.3, 0.4) is 0 Å². The lowest BCUT2D eigenvalue weighted by atomic mass is 10.0. The molecule has 3 fully saturated rings. The Morgan fingerprint density at radius 1 is 1.06 bits per heavy atom. The SMILES string of the molecule is CC(C)(C)N1CCN(C(=O)C23CCCN2C3)CC1. The summed E-state index contributed by atoms with van der Waals surface area (Å²) in [6.07, 6.45) is 2.29. The molecule has 3 rings (SSSR count). The highest BCUT2D eigenvalue weighted by Crippen LogP contribution is 2.44.